The quantitative estimate of drug-likeness (QED) is 0.419. The summed E-state index contributed by atoms with van der Waals surface area (Å²) in [7, 11) is -2.22. The van der Waals surface area contributed by atoms with Crippen molar-refractivity contribution in [3.05, 3.63) is 58.6 Å². The van der Waals surface area contributed by atoms with Crippen LogP contribution >= 0.6 is 15.9 Å². The van der Waals surface area contributed by atoms with Crippen LogP contribution < -0.4 is 14.4 Å². The molecule has 1 N–H and O–H groups in total. The number of hydrogen-bond acceptors (Lipinski definition) is 5. The molecular weight excluding hydrogens is 534 g/mol. The molecule has 0 aromatic heterocycles. The van der Waals surface area contributed by atoms with Crippen LogP contribution in [0.2, 0.25) is 0 Å². The molecule has 0 aliphatic rings. The number of carbonyl (C=O) groups excluding carboxylic acids is 2. The summed E-state index contributed by atoms with van der Waals surface area (Å²) in [5.74, 6) is -0.0750. The Labute approximate surface area is 216 Å². The van der Waals surface area contributed by atoms with Crippen molar-refractivity contribution < 1.29 is 22.7 Å². The van der Waals surface area contributed by atoms with Gasteiger partial charge in [0.05, 0.1) is 19.1 Å². The molecule has 2 aromatic carbocycles. The molecule has 2 amide bonds. The number of para-hydroxylation sites is 1. The molecule has 0 unspecified atom stereocenters. The number of methoxy groups -OCH3 is 1. The van der Waals surface area contributed by atoms with Crippen LogP contribution in [-0.4, -0.2) is 57.1 Å². The van der Waals surface area contributed by atoms with E-state index in [-0.39, 0.29) is 18.5 Å². The molecule has 0 aliphatic heterocycles. The van der Waals surface area contributed by atoms with Gasteiger partial charge in [-0.3, -0.25) is 13.9 Å². The van der Waals surface area contributed by atoms with Crippen LogP contribution in [0.3, 0.4) is 0 Å². The lowest BCUT2D eigenvalue weighted by Gasteiger charge is -2.33. The van der Waals surface area contributed by atoms with E-state index >= 15 is 0 Å². The van der Waals surface area contributed by atoms with Gasteiger partial charge in [0, 0.05) is 17.1 Å². The standard InChI is InChI=1S/C25H34BrN3O5S/c1-6-18(3)27-25(31)22(7-2)28(16-19-12-14-20(34-4)15-13-19)24(30)17-29(35(5,32)33)23-11-9-8-10-21(23)26/h8-15,18,22H,6-7,16-17H2,1-5H3,(H,27,31)/t18-,22+/m0/s1. The molecule has 0 bridgehead atoms. The lowest BCUT2D eigenvalue weighted by atomic mass is 10.1. The van der Waals surface area contributed by atoms with E-state index < -0.39 is 28.5 Å². The molecule has 0 saturated carbocycles. The summed E-state index contributed by atoms with van der Waals surface area (Å²) in [5.41, 5.74) is 1.14. The molecule has 2 rings (SSSR count). The summed E-state index contributed by atoms with van der Waals surface area (Å²) < 4.78 is 32.2. The van der Waals surface area contributed by atoms with Crippen molar-refractivity contribution in [3.8, 4) is 5.75 Å². The number of nitrogens with one attached hydrogen (secondary N) is 1. The van der Waals surface area contributed by atoms with Gasteiger partial charge in [-0.15, -0.1) is 0 Å². The molecule has 0 saturated heterocycles. The van der Waals surface area contributed by atoms with E-state index in [0.29, 0.717) is 22.3 Å². The SMILES string of the molecule is CC[C@H](C(=O)N[C@@H](C)CC)N(Cc1ccc(OC)cc1)C(=O)CN(c1ccccc1Br)S(C)(=O)=O. The van der Waals surface area contributed by atoms with Crippen molar-refractivity contribution in [3.63, 3.8) is 0 Å². The van der Waals surface area contributed by atoms with E-state index in [1.807, 2.05) is 32.9 Å². The maximum absolute atomic E-state index is 13.7. The topological polar surface area (TPSA) is 96.0 Å². The predicted octanol–water partition coefficient (Wildman–Crippen LogP) is 3.95. The fourth-order valence-electron chi connectivity index (χ4n) is 3.54. The van der Waals surface area contributed by atoms with Crippen molar-refractivity contribution in [1.29, 1.82) is 0 Å². The number of carbonyl (C=O) groups is 2. The summed E-state index contributed by atoms with van der Waals surface area (Å²) in [4.78, 5) is 28.2. The zero-order valence-electron chi connectivity index (χ0n) is 20.8. The molecule has 2 atom stereocenters. The van der Waals surface area contributed by atoms with Gasteiger partial charge >= 0.3 is 0 Å². The lowest BCUT2D eigenvalue weighted by molar-refractivity contribution is -0.140. The van der Waals surface area contributed by atoms with Crippen LogP contribution in [0, 0.1) is 0 Å². The lowest BCUT2D eigenvalue weighted by Crippen LogP contribution is -2.53. The van der Waals surface area contributed by atoms with Gasteiger partial charge < -0.3 is 15.0 Å². The van der Waals surface area contributed by atoms with Crippen molar-refractivity contribution >= 4 is 43.5 Å². The van der Waals surface area contributed by atoms with Crippen LogP contribution in [0.4, 0.5) is 5.69 Å². The van der Waals surface area contributed by atoms with E-state index in [4.69, 9.17) is 4.74 Å². The second-order valence-corrected chi connectivity index (χ2v) is 11.1. The fraction of sp³-hybridized carbons (Fsp3) is 0.440. The first-order valence-corrected chi connectivity index (χ1v) is 14.1. The van der Waals surface area contributed by atoms with Gasteiger partial charge in [-0.25, -0.2) is 8.42 Å². The molecule has 0 radical (unpaired) electrons. The summed E-state index contributed by atoms with van der Waals surface area (Å²) in [6.45, 7) is 5.40. The third-order valence-electron chi connectivity index (χ3n) is 5.70. The molecule has 10 heteroatoms. The van der Waals surface area contributed by atoms with Crippen molar-refractivity contribution in [1.82, 2.24) is 10.2 Å². The van der Waals surface area contributed by atoms with Gasteiger partial charge in [-0.2, -0.15) is 0 Å². The zero-order chi connectivity index (χ0) is 26.2. The molecule has 0 aliphatic carbocycles. The molecule has 192 valence electrons. The van der Waals surface area contributed by atoms with Crippen LogP contribution in [0.25, 0.3) is 0 Å². The number of nitrogens with zero attached hydrogens (tertiary/aromatic N) is 2. The molecule has 0 spiro atoms. The number of amides is 2. The van der Waals surface area contributed by atoms with Crippen molar-refractivity contribution in [2.75, 3.05) is 24.2 Å². The summed E-state index contributed by atoms with van der Waals surface area (Å²) in [6, 6.07) is 13.2. The minimum Gasteiger partial charge on any atom is -0.497 e. The molecule has 2 aromatic rings. The number of sulfonamides is 1. The van der Waals surface area contributed by atoms with E-state index in [1.165, 1.54) is 4.90 Å². The van der Waals surface area contributed by atoms with Crippen LogP contribution in [0.1, 0.15) is 39.2 Å². The van der Waals surface area contributed by atoms with Gasteiger partial charge in [0.1, 0.15) is 18.3 Å². The monoisotopic (exact) mass is 567 g/mol. The number of rotatable bonds is 12. The Morgan fingerprint density at radius 3 is 2.20 bits per heavy atom. The second kappa shape index (κ2) is 12.9. The third-order valence-corrected chi connectivity index (χ3v) is 7.50. The van der Waals surface area contributed by atoms with Crippen LogP contribution in [0.15, 0.2) is 53.0 Å². The Hall–Kier alpha value is -2.59. The predicted molar refractivity (Wildman–Crippen MR) is 142 cm³/mol. The molecule has 0 fully saturated rings. The maximum Gasteiger partial charge on any atom is 0.244 e. The van der Waals surface area contributed by atoms with Gasteiger partial charge in [-0.1, -0.05) is 38.1 Å². The Morgan fingerprint density at radius 2 is 1.69 bits per heavy atom. The highest BCUT2D eigenvalue weighted by Crippen LogP contribution is 2.28. The largest absolute Gasteiger partial charge is 0.497 e. The van der Waals surface area contributed by atoms with Gasteiger partial charge in [0.15, 0.2) is 0 Å². The second-order valence-electron chi connectivity index (χ2n) is 8.33. The molecule has 8 nitrogen and oxygen atoms in total. The number of anilines is 1. The smallest absolute Gasteiger partial charge is 0.244 e. The highest BCUT2D eigenvalue weighted by atomic mass is 79.9. The Morgan fingerprint density at radius 1 is 1.06 bits per heavy atom. The van der Waals surface area contributed by atoms with Crippen LogP contribution in [-0.2, 0) is 26.2 Å². The van der Waals surface area contributed by atoms with E-state index in [9.17, 15) is 18.0 Å². The normalized spacial score (nSPS) is 13.0. The first-order chi connectivity index (χ1) is 16.5. The Bertz CT molecular complexity index is 1110. The molecule has 35 heavy (non-hydrogen) atoms. The maximum atomic E-state index is 13.7. The third kappa shape index (κ3) is 7.96. The van der Waals surface area contributed by atoms with Crippen molar-refractivity contribution in [2.45, 2.75) is 52.2 Å². The van der Waals surface area contributed by atoms with E-state index in [2.05, 4.69) is 21.2 Å². The summed E-state index contributed by atoms with van der Waals surface area (Å²) in [5, 5.41) is 2.95. The minimum absolute atomic E-state index is 0.0534. The summed E-state index contributed by atoms with van der Waals surface area (Å²) in [6.07, 6.45) is 2.18. The highest BCUT2D eigenvalue weighted by molar-refractivity contribution is 9.10. The highest BCUT2D eigenvalue weighted by Gasteiger charge is 2.32. The number of hydrogen-bond donors (Lipinski definition) is 1. The average molecular weight is 569 g/mol. The van der Waals surface area contributed by atoms with E-state index in [0.717, 1.165) is 22.5 Å². The van der Waals surface area contributed by atoms with Gasteiger partial charge in [0.2, 0.25) is 21.8 Å². The van der Waals surface area contributed by atoms with Crippen LogP contribution in [0.5, 0.6) is 5.75 Å². The van der Waals surface area contributed by atoms with E-state index in [1.54, 1.807) is 43.5 Å². The molecular formula is C25H34BrN3O5S. The van der Waals surface area contributed by atoms with Crippen molar-refractivity contribution in [2.24, 2.45) is 0 Å². The Balaban J connectivity index is 2.44. The van der Waals surface area contributed by atoms with Gasteiger partial charge in [0.25, 0.3) is 0 Å². The zero-order valence-corrected chi connectivity index (χ0v) is 23.2. The first kappa shape index (κ1) is 28.6. The number of halogens is 1. The Kier molecular flexibility index (Phi) is 10.6. The number of ether oxygens (including phenoxy) is 1. The fourth-order valence-corrected chi connectivity index (χ4v) is 5.01. The first-order valence-electron chi connectivity index (χ1n) is 11.5. The minimum atomic E-state index is -3.79. The number of benzene rings is 2. The average Bonchev–Trinajstić information content (AvgIpc) is 2.82. The molecule has 0 heterocycles. The summed E-state index contributed by atoms with van der Waals surface area (Å²) >= 11 is 3.38. The van der Waals surface area contributed by atoms with Gasteiger partial charge in [-0.05, 0) is 65.5 Å².